The van der Waals surface area contributed by atoms with Crippen molar-refractivity contribution < 1.29 is 9.68 Å². The highest BCUT2D eigenvalue weighted by atomic mass is 35.5. The molecule has 96 valence electrons. The van der Waals surface area contributed by atoms with Crippen LogP contribution in [0.4, 0.5) is 11.5 Å². The summed E-state index contributed by atoms with van der Waals surface area (Å²) in [5.41, 5.74) is 2.49. The molecule has 0 amide bonds. The molecule has 1 aromatic heterocycles. The number of benzene rings is 1. The van der Waals surface area contributed by atoms with Crippen LogP contribution in [0.1, 0.15) is 5.56 Å². The Labute approximate surface area is 119 Å². The first-order chi connectivity index (χ1) is 9.13. The van der Waals surface area contributed by atoms with Gasteiger partial charge in [0.1, 0.15) is 5.02 Å². The standard InChI is InChI=1S/C11H8BCl2N3O2/c13-9-4-15-11(14)17-10(9)16-7-1-2-8-6(3-7)5-19-12(8)18/h1-4,18H,5H2,(H,15,16,17). The van der Waals surface area contributed by atoms with E-state index >= 15 is 0 Å². The first kappa shape index (κ1) is 12.7. The van der Waals surface area contributed by atoms with Gasteiger partial charge in [-0.15, -0.1) is 0 Å². The summed E-state index contributed by atoms with van der Waals surface area (Å²) in [5.74, 6) is 0.432. The Morgan fingerprint density at radius 3 is 3.05 bits per heavy atom. The smallest absolute Gasteiger partial charge is 0.423 e. The maximum absolute atomic E-state index is 9.54. The lowest BCUT2D eigenvalue weighted by Gasteiger charge is -2.08. The minimum Gasteiger partial charge on any atom is -0.423 e. The second-order valence-corrected chi connectivity index (χ2v) is 4.78. The fourth-order valence-electron chi connectivity index (χ4n) is 1.88. The molecule has 0 fully saturated rings. The van der Waals surface area contributed by atoms with Crippen molar-refractivity contribution >= 4 is 47.3 Å². The number of halogens is 2. The molecule has 8 heteroatoms. The Bertz CT molecular complexity index is 641. The normalized spacial score (nSPS) is 13.5. The molecule has 1 aliphatic rings. The van der Waals surface area contributed by atoms with E-state index in [4.69, 9.17) is 27.9 Å². The van der Waals surface area contributed by atoms with E-state index in [0.717, 1.165) is 16.7 Å². The number of anilines is 2. The van der Waals surface area contributed by atoms with Crippen LogP contribution < -0.4 is 10.8 Å². The molecule has 2 N–H and O–H groups in total. The van der Waals surface area contributed by atoms with Gasteiger partial charge in [-0.25, -0.2) is 4.98 Å². The maximum atomic E-state index is 9.54. The molecule has 0 radical (unpaired) electrons. The van der Waals surface area contributed by atoms with Crippen molar-refractivity contribution in [2.24, 2.45) is 0 Å². The summed E-state index contributed by atoms with van der Waals surface area (Å²) in [4.78, 5) is 7.79. The molecule has 5 nitrogen and oxygen atoms in total. The van der Waals surface area contributed by atoms with Gasteiger partial charge in [-0.2, -0.15) is 4.98 Å². The minimum absolute atomic E-state index is 0.117. The van der Waals surface area contributed by atoms with Gasteiger partial charge in [-0.1, -0.05) is 17.7 Å². The lowest BCUT2D eigenvalue weighted by molar-refractivity contribution is 0.275. The fourth-order valence-corrected chi connectivity index (χ4v) is 2.15. The van der Waals surface area contributed by atoms with Crippen LogP contribution in [0.3, 0.4) is 0 Å². The van der Waals surface area contributed by atoms with Crippen molar-refractivity contribution in [3.63, 3.8) is 0 Å². The molecule has 0 aliphatic carbocycles. The molecular weight excluding hydrogens is 288 g/mol. The Kier molecular flexibility index (Phi) is 3.32. The SMILES string of the molecule is OB1OCc2cc(Nc3nc(Cl)ncc3Cl)ccc21. The quantitative estimate of drug-likeness (QED) is 0.652. The van der Waals surface area contributed by atoms with Crippen molar-refractivity contribution in [3.8, 4) is 0 Å². The second kappa shape index (κ2) is 4.98. The Balaban J connectivity index is 1.90. The minimum atomic E-state index is -0.846. The molecule has 2 heterocycles. The number of rotatable bonds is 2. The summed E-state index contributed by atoms with van der Waals surface area (Å²) in [7, 11) is -0.846. The van der Waals surface area contributed by atoms with Gasteiger partial charge in [-0.3, -0.25) is 0 Å². The van der Waals surface area contributed by atoms with Crippen LogP contribution in [0.5, 0.6) is 0 Å². The fraction of sp³-hybridized carbons (Fsp3) is 0.0909. The van der Waals surface area contributed by atoms with Crippen molar-refractivity contribution in [2.75, 3.05) is 5.32 Å². The summed E-state index contributed by atoms with van der Waals surface area (Å²) < 4.78 is 5.13. The highest BCUT2D eigenvalue weighted by Crippen LogP contribution is 2.24. The van der Waals surface area contributed by atoms with E-state index in [1.54, 1.807) is 6.07 Å². The van der Waals surface area contributed by atoms with Crippen LogP contribution >= 0.6 is 23.2 Å². The third-order valence-corrected chi connectivity index (χ3v) is 3.24. The number of fused-ring (bicyclic) bond motifs is 1. The number of nitrogens with zero attached hydrogens (tertiary/aromatic N) is 2. The van der Waals surface area contributed by atoms with E-state index in [1.807, 2.05) is 12.1 Å². The molecule has 19 heavy (non-hydrogen) atoms. The summed E-state index contributed by atoms with van der Waals surface area (Å²) in [6.45, 7) is 0.379. The maximum Gasteiger partial charge on any atom is 0.491 e. The highest BCUT2D eigenvalue weighted by molar-refractivity contribution is 6.61. The van der Waals surface area contributed by atoms with Gasteiger partial charge in [-0.05, 0) is 34.8 Å². The molecule has 0 saturated heterocycles. The van der Waals surface area contributed by atoms with Crippen LogP contribution in [-0.4, -0.2) is 22.1 Å². The summed E-state index contributed by atoms with van der Waals surface area (Å²) in [6.07, 6.45) is 1.43. The average Bonchev–Trinajstić information content (AvgIpc) is 2.75. The lowest BCUT2D eigenvalue weighted by atomic mass is 9.79. The monoisotopic (exact) mass is 295 g/mol. The Morgan fingerprint density at radius 1 is 1.37 bits per heavy atom. The lowest BCUT2D eigenvalue weighted by Crippen LogP contribution is -2.27. The van der Waals surface area contributed by atoms with E-state index in [0.29, 0.717) is 17.4 Å². The zero-order valence-electron chi connectivity index (χ0n) is 9.60. The van der Waals surface area contributed by atoms with Crippen LogP contribution in [0.25, 0.3) is 0 Å². The molecule has 0 saturated carbocycles. The zero-order chi connectivity index (χ0) is 13.4. The molecule has 1 aliphatic heterocycles. The van der Waals surface area contributed by atoms with E-state index in [1.165, 1.54) is 6.20 Å². The van der Waals surface area contributed by atoms with E-state index in [2.05, 4.69) is 15.3 Å². The molecule has 1 aromatic carbocycles. The topological polar surface area (TPSA) is 67.3 Å². The number of aromatic nitrogens is 2. The van der Waals surface area contributed by atoms with Crippen molar-refractivity contribution in [3.05, 3.63) is 40.3 Å². The van der Waals surface area contributed by atoms with Gasteiger partial charge in [0.05, 0.1) is 12.8 Å². The van der Waals surface area contributed by atoms with Crippen molar-refractivity contribution in [1.29, 1.82) is 0 Å². The van der Waals surface area contributed by atoms with E-state index < -0.39 is 7.12 Å². The summed E-state index contributed by atoms with van der Waals surface area (Å²) >= 11 is 11.7. The van der Waals surface area contributed by atoms with Gasteiger partial charge in [0.15, 0.2) is 5.82 Å². The zero-order valence-corrected chi connectivity index (χ0v) is 11.1. The van der Waals surface area contributed by atoms with Crippen LogP contribution in [0, 0.1) is 0 Å². The largest absolute Gasteiger partial charge is 0.491 e. The van der Waals surface area contributed by atoms with Crippen molar-refractivity contribution in [1.82, 2.24) is 9.97 Å². The summed E-state index contributed by atoms with van der Waals surface area (Å²) in [5, 5.41) is 13.1. The van der Waals surface area contributed by atoms with Gasteiger partial charge in [0, 0.05) is 5.69 Å². The highest BCUT2D eigenvalue weighted by Gasteiger charge is 2.27. The molecule has 2 aromatic rings. The predicted octanol–water partition coefficient (Wildman–Crippen LogP) is 1.74. The third kappa shape index (κ3) is 2.53. The average molecular weight is 296 g/mol. The molecule has 0 spiro atoms. The van der Waals surface area contributed by atoms with Gasteiger partial charge >= 0.3 is 7.12 Å². The Morgan fingerprint density at radius 2 is 2.21 bits per heavy atom. The van der Waals surface area contributed by atoms with Gasteiger partial charge in [0.2, 0.25) is 5.28 Å². The number of hydrogen-bond donors (Lipinski definition) is 2. The van der Waals surface area contributed by atoms with Crippen molar-refractivity contribution in [2.45, 2.75) is 6.61 Å². The van der Waals surface area contributed by atoms with Crippen LogP contribution in [-0.2, 0) is 11.3 Å². The van der Waals surface area contributed by atoms with E-state index in [9.17, 15) is 5.02 Å². The first-order valence-corrected chi connectivity index (χ1v) is 6.26. The molecular formula is C11H8BCl2N3O2. The molecule has 3 rings (SSSR count). The second-order valence-electron chi connectivity index (χ2n) is 4.04. The molecule has 0 unspecified atom stereocenters. The molecule has 0 atom stereocenters. The number of hydrogen-bond acceptors (Lipinski definition) is 5. The Hall–Kier alpha value is -1.34. The van der Waals surface area contributed by atoms with Crippen LogP contribution in [0.2, 0.25) is 10.3 Å². The predicted molar refractivity (Wildman–Crippen MR) is 74.2 cm³/mol. The first-order valence-electron chi connectivity index (χ1n) is 5.51. The molecule has 0 bridgehead atoms. The van der Waals surface area contributed by atoms with Gasteiger partial charge in [0.25, 0.3) is 0 Å². The van der Waals surface area contributed by atoms with Gasteiger partial charge < -0.3 is 15.0 Å². The summed E-state index contributed by atoms with van der Waals surface area (Å²) in [6, 6.07) is 5.48. The number of nitrogens with one attached hydrogen (secondary N) is 1. The van der Waals surface area contributed by atoms with Crippen LogP contribution in [0.15, 0.2) is 24.4 Å². The van der Waals surface area contributed by atoms with E-state index in [-0.39, 0.29) is 5.28 Å². The third-order valence-electron chi connectivity index (χ3n) is 2.78.